The van der Waals surface area contributed by atoms with Crippen LogP contribution in [0.5, 0.6) is 11.6 Å². The molecule has 1 atom stereocenters. The third-order valence-electron chi connectivity index (χ3n) is 4.66. The molecule has 0 radical (unpaired) electrons. The smallest absolute Gasteiger partial charge is 0.339 e. The Kier molecular flexibility index (Phi) is 4.23. The van der Waals surface area contributed by atoms with Crippen molar-refractivity contribution in [2.75, 3.05) is 0 Å². The van der Waals surface area contributed by atoms with Crippen LogP contribution in [-0.4, -0.2) is 31.9 Å². The van der Waals surface area contributed by atoms with Crippen LogP contribution >= 0.6 is 0 Å². The molecule has 27 heavy (non-hydrogen) atoms. The van der Waals surface area contributed by atoms with Gasteiger partial charge in [-0.1, -0.05) is 13.0 Å². The Morgan fingerprint density at radius 1 is 1.41 bits per heavy atom. The van der Waals surface area contributed by atoms with E-state index in [1.54, 1.807) is 0 Å². The number of fused-ring (bicyclic) bond motifs is 2. The highest BCUT2D eigenvalue weighted by Crippen LogP contribution is 2.35. The molecule has 0 bridgehead atoms. The van der Waals surface area contributed by atoms with E-state index in [4.69, 9.17) is 4.74 Å². The minimum atomic E-state index is -1.08. The van der Waals surface area contributed by atoms with Crippen molar-refractivity contribution in [2.24, 2.45) is 0 Å². The molecule has 0 saturated carbocycles. The minimum Gasteiger partial charge on any atom is -0.478 e. The van der Waals surface area contributed by atoms with Gasteiger partial charge >= 0.3 is 5.97 Å². The van der Waals surface area contributed by atoms with Gasteiger partial charge in [0.25, 0.3) is 0 Å². The number of aromatic nitrogens is 3. The number of aromatic carboxylic acids is 1. The summed E-state index contributed by atoms with van der Waals surface area (Å²) in [6.07, 6.45) is 5.00. The Hall–Kier alpha value is -3.42. The van der Waals surface area contributed by atoms with Crippen molar-refractivity contribution in [3.05, 3.63) is 47.3 Å². The van der Waals surface area contributed by atoms with E-state index in [0.717, 1.165) is 18.4 Å². The van der Waals surface area contributed by atoms with Gasteiger partial charge in [0.2, 0.25) is 11.8 Å². The molecule has 3 aromatic rings. The molecule has 8 heteroatoms. The normalized spacial score (nSPS) is 15.5. The maximum Gasteiger partial charge on any atom is 0.339 e. The van der Waals surface area contributed by atoms with E-state index < -0.39 is 5.97 Å². The number of aryl methyl sites for hydroxylation is 1. The van der Waals surface area contributed by atoms with Crippen molar-refractivity contribution in [1.82, 2.24) is 20.3 Å². The van der Waals surface area contributed by atoms with Gasteiger partial charge < -0.3 is 20.1 Å². The molecule has 0 spiro atoms. The van der Waals surface area contributed by atoms with Gasteiger partial charge in [0.05, 0.1) is 12.2 Å². The average molecular weight is 366 g/mol. The summed E-state index contributed by atoms with van der Waals surface area (Å²) in [5.41, 5.74) is 2.89. The lowest BCUT2D eigenvalue weighted by molar-refractivity contribution is -0.121. The Morgan fingerprint density at radius 3 is 3.04 bits per heavy atom. The van der Waals surface area contributed by atoms with Gasteiger partial charge in [0.15, 0.2) is 5.65 Å². The first kappa shape index (κ1) is 17.0. The lowest BCUT2D eigenvalue weighted by Gasteiger charge is -2.14. The Bertz CT molecular complexity index is 1040. The number of aromatic amines is 1. The molecule has 3 N–H and O–H groups in total. The van der Waals surface area contributed by atoms with Crippen molar-refractivity contribution >= 4 is 23.0 Å². The second-order valence-electron chi connectivity index (χ2n) is 6.39. The lowest BCUT2D eigenvalue weighted by atomic mass is 10.1. The van der Waals surface area contributed by atoms with Crippen LogP contribution in [-0.2, 0) is 11.2 Å². The van der Waals surface area contributed by atoms with Gasteiger partial charge in [-0.2, -0.15) is 0 Å². The van der Waals surface area contributed by atoms with E-state index in [9.17, 15) is 14.7 Å². The molecule has 1 aliphatic carbocycles. The number of hydrogen-bond donors (Lipinski definition) is 3. The molecular weight excluding hydrogens is 348 g/mol. The number of carbonyl (C=O) groups excluding carboxylic acids is 1. The number of carboxylic acid groups (broad SMARTS) is 1. The summed E-state index contributed by atoms with van der Waals surface area (Å²) < 4.78 is 5.80. The van der Waals surface area contributed by atoms with Crippen molar-refractivity contribution in [3.63, 3.8) is 0 Å². The van der Waals surface area contributed by atoms with Crippen LogP contribution < -0.4 is 10.1 Å². The van der Waals surface area contributed by atoms with Crippen molar-refractivity contribution in [2.45, 2.75) is 32.2 Å². The zero-order valence-electron chi connectivity index (χ0n) is 14.7. The highest BCUT2D eigenvalue weighted by molar-refractivity contribution is 6.00. The van der Waals surface area contributed by atoms with Gasteiger partial charge in [0, 0.05) is 12.6 Å². The largest absolute Gasteiger partial charge is 0.478 e. The molecule has 138 valence electrons. The van der Waals surface area contributed by atoms with Crippen molar-refractivity contribution in [3.8, 4) is 11.6 Å². The molecule has 2 heterocycles. The second kappa shape index (κ2) is 6.71. The summed E-state index contributed by atoms with van der Waals surface area (Å²) in [6.45, 7) is 1.83. The maximum absolute atomic E-state index is 11.7. The predicted octanol–water partition coefficient (Wildman–Crippen LogP) is 2.96. The molecule has 4 rings (SSSR count). The predicted molar refractivity (Wildman–Crippen MR) is 96.9 cm³/mol. The van der Waals surface area contributed by atoms with E-state index >= 15 is 0 Å². The molecule has 0 aliphatic heterocycles. The molecule has 1 amide bonds. The molecule has 0 saturated heterocycles. The number of amides is 1. The third-order valence-corrected chi connectivity index (χ3v) is 4.66. The molecule has 8 nitrogen and oxygen atoms in total. The van der Waals surface area contributed by atoms with Crippen LogP contribution in [0.2, 0.25) is 0 Å². The fourth-order valence-corrected chi connectivity index (χ4v) is 3.30. The number of nitrogens with zero attached hydrogens (tertiary/aromatic N) is 2. The number of nitrogens with one attached hydrogen (secondary N) is 2. The molecule has 0 unspecified atom stereocenters. The molecule has 1 aromatic carbocycles. The highest BCUT2D eigenvalue weighted by atomic mass is 16.5. The molecule has 2 aromatic heterocycles. The summed E-state index contributed by atoms with van der Waals surface area (Å²) in [5, 5.41) is 12.2. The first-order valence-corrected chi connectivity index (χ1v) is 8.72. The number of ether oxygens (including phenoxy) is 1. The number of H-pyrrole nitrogens is 1. The Morgan fingerprint density at radius 2 is 2.26 bits per heavy atom. The van der Waals surface area contributed by atoms with E-state index in [1.165, 1.54) is 18.0 Å². The van der Waals surface area contributed by atoms with E-state index in [-0.39, 0.29) is 28.9 Å². The number of benzene rings is 1. The van der Waals surface area contributed by atoms with Crippen molar-refractivity contribution in [1.29, 1.82) is 0 Å². The second-order valence-corrected chi connectivity index (χ2v) is 6.39. The Labute approximate surface area is 154 Å². The van der Waals surface area contributed by atoms with Crippen LogP contribution in [0.15, 0.2) is 30.6 Å². The first-order chi connectivity index (χ1) is 13.0. The van der Waals surface area contributed by atoms with E-state index in [1.807, 2.05) is 25.1 Å². The Balaban J connectivity index is 1.61. The molecule has 0 fully saturated rings. The summed E-state index contributed by atoms with van der Waals surface area (Å²) in [6, 6.07) is 5.69. The van der Waals surface area contributed by atoms with Crippen LogP contribution in [0.4, 0.5) is 0 Å². The summed E-state index contributed by atoms with van der Waals surface area (Å²) >= 11 is 0. The quantitative estimate of drug-likeness (QED) is 0.639. The van der Waals surface area contributed by atoms with Crippen LogP contribution in [0.1, 0.15) is 47.3 Å². The van der Waals surface area contributed by atoms with Gasteiger partial charge in [0.1, 0.15) is 16.8 Å². The third kappa shape index (κ3) is 3.21. The van der Waals surface area contributed by atoms with Gasteiger partial charge in [-0.25, -0.2) is 14.8 Å². The number of rotatable bonds is 5. The standard InChI is InChI=1S/C19H18N4O4/c1-2-15(24)22-14-6-4-10-3-5-11(7-12(10)14)27-16-9-21-18-17(23-16)13(8-20-18)19(25)26/h3,5,7-9,14H,2,4,6H2,1H3,(H,20,21)(H,22,24)(H,25,26)/t14-/m1/s1. The van der Waals surface area contributed by atoms with Crippen LogP contribution in [0, 0.1) is 0 Å². The first-order valence-electron chi connectivity index (χ1n) is 8.72. The summed E-state index contributed by atoms with van der Waals surface area (Å²) in [7, 11) is 0. The zero-order chi connectivity index (χ0) is 19.0. The summed E-state index contributed by atoms with van der Waals surface area (Å²) in [4.78, 5) is 34.2. The van der Waals surface area contributed by atoms with Crippen LogP contribution in [0.25, 0.3) is 11.2 Å². The van der Waals surface area contributed by atoms with E-state index in [0.29, 0.717) is 17.8 Å². The topological polar surface area (TPSA) is 117 Å². The zero-order valence-corrected chi connectivity index (χ0v) is 14.7. The SMILES string of the molecule is CCC(=O)N[C@@H]1CCc2ccc(Oc3cnc4[nH]cc(C(=O)O)c4n3)cc21. The number of carboxylic acids is 1. The number of carbonyl (C=O) groups is 2. The highest BCUT2D eigenvalue weighted by Gasteiger charge is 2.24. The summed E-state index contributed by atoms with van der Waals surface area (Å²) in [5.74, 6) is -0.298. The van der Waals surface area contributed by atoms with Gasteiger partial charge in [-0.3, -0.25) is 4.79 Å². The fraction of sp³-hybridized carbons (Fsp3) is 0.263. The van der Waals surface area contributed by atoms with Gasteiger partial charge in [-0.05, 0) is 36.1 Å². The average Bonchev–Trinajstić information content (AvgIpc) is 3.25. The van der Waals surface area contributed by atoms with Crippen LogP contribution in [0.3, 0.4) is 0 Å². The maximum atomic E-state index is 11.7. The fourth-order valence-electron chi connectivity index (χ4n) is 3.30. The van der Waals surface area contributed by atoms with Crippen molar-refractivity contribution < 1.29 is 19.4 Å². The van der Waals surface area contributed by atoms with E-state index in [2.05, 4.69) is 20.3 Å². The minimum absolute atomic E-state index is 0.0177. The lowest BCUT2D eigenvalue weighted by Crippen LogP contribution is -2.26. The monoisotopic (exact) mass is 366 g/mol. The number of hydrogen-bond acceptors (Lipinski definition) is 5. The molecular formula is C19H18N4O4. The molecule has 1 aliphatic rings. The van der Waals surface area contributed by atoms with Gasteiger partial charge in [-0.15, -0.1) is 0 Å².